The number of rotatable bonds is 7. The average Bonchev–Trinajstić information content (AvgIpc) is 3.12. The van der Waals surface area contributed by atoms with Gasteiger partial charge in [-0.05, 0) is 50.5 Å². The van der Waals surface area contributed by atoms with Gasteiger partial charge in [0.05, 0.1) is 9.96 Å². The van der Waals surface area contributed by atoms with E-state index in [1.54, 1.807) is 0 Å². The monoisotopic (exact) mass is 418 g/mol. The minimum Gasteiger partial charge on any atom is -0.298 e. The van der Waals surface area contributed by atoms with Gasteiger partial charge in [-0.25, -0.2) is 0 Å². The molecule has 0 bridgehead atoms. The summed E-state index contributed by atoms with van der Waals surface area (Å²) in [6, 6.07) is 9.45. The summed E-state index contributed by atoms with van der Waals surface area (Å²) in [6.07, 6.45) is 8.16. The molecule has 3 unspecified atom stereocenters. The highest BCUT2D eigenvalue weighted by atomic mass is 35.5. The molecule has 1 aromatic carbocycles. The lowest BCUT2D eigenvalue weighted by Gasteiger charge is -2.18. The SMILES string of the molecule is O=C(CCC(=O)C1CCC(Cl)S1)C1=CCCC(C(=O)c2ccccc2)CCC1. The second kappa shape index (κ2) is 10.4. The van der Waals surface area contributed by atoms with Gasteiger partial charge >= 0.3 is 0 Å². The Morgan fingerprint density at radius 1 is 1.00 bits per heavy atom. The van der Waals surface area contributed by atoms with Crippen molar-refractivity contribution >= 4 is 40.7 Å². The molecule has 5 heteroatoms. The van der Waals surface area contributed by atoms with E-state index in [1.165, 1.54) is 11.8 Å². The van der Waals surface area contributed by atoms with Crippen LogP contribution in [0.1, 0.15) is 68.1 Å². The molecule has 0 N–H and O–H groups in total. The van der Waals surface area contributed by atoms with Gasteiger partial charge in [0, 0.05) is 24.3 Å². The Bertz CT molecular complexity index is 743. The summed E-state index contributed by atoms with van der Waals surface area (Å²) in [5, 5.41) is -0.0358. The predicted molar refractivity (Wildman–Crippen MR) is 115 cm³/mol. The van der Waals surface area contributed by atoms with E-state index in [2.05, 4.69) is 0 Å². The van der Waals surface area contributed by atoms with Crippen molar-refractivity contribution in [2.45, 2.75) is 67.7 Å². The van der Waals surface area contributed by atoms with Gasteiger partial charge in [-0.3, -0.25) is 14.4 Å². The highest BCUT2D eigenvalue weighted by Gasteiger charge is 2.29. The maximum absolute atomic E-state index is 12.7. The number of halogens is 1. The Hall–Kier alpha value is -1.39. The molecule has 1 aliphatic carbocycles. The van der Waals surface area contributed by atoms with Gasteiger partial charge in [0.15, 0.2) is 11.6 Å². The summed E-state index contributed by atoms with van der Waals surface area (Å²) < 4.78 is 0.0320. The molecular formula is C23H27ClO3S. The van der Waals surface area contributed by atoms with E-state index in [4.69, 9.17) is 11.6 Å². The second-order valence-corrected chi connectivity index (χ2v) is 9.82. The first-order valence-corrected chi connectivity index (χ1v) is 11.6. The van der Waals surface area contributed by atoms with Gasteiger partial charge in [0.25, 0.3) is 0 Å². The van der Waals surface area contributed by atoms with E-state index in [0.717, 1.165) is 49.7 Å². The van der Waals surface area contributed by atoms with Crippen molar-refractivity contribution in [3.8, 4) is 0 Å². The zero-order valence-corrected chi connectivity index (χ0v) is 17.6. The summed E-state index contributed by atoms with van der Waals surface area (Å²) in [7, 11) is 0. The van der Waals surface area contributed by atoms with Crippen LogP contribution >= 0.6 is 23.4 Å². The van der Waals surface area contributed by atoms with Crippen molar-refractivity contribution in [3.63, 3.8) is 0 Å². The van der Waals surface area contributed by atoms with Gasteiger partial charge in [-0.15, -0.1) is 23.4 Å². The van der Waals surface area contributed by atoms with E-state index in [0.29, 0.717) is 19.3 Å². The molecule has 0 aromatic heterocycles. The summed E-state index contributed by atoms with van der Waals surface area (Å²) in [6.45, 7) is 0. The number of Topliss-reactive ketones (excluding diaryl/α,β-unsaturated/α-hetero) is 3. The van der Waals surface area contributed by atoms with Crippen LogP contribution in [0.3, 0.4) is 0 Å². The third kappa shape index (κ3) is 5.81. The first kappa shape index (κ1) is 21.3. The molecule has 1 heterocycles. The first-order valence-electron chi connectivity index (χ1n) is 10.2. The minimum atomic E-state index is -0.0358. The normalized spacial score (nSPS) is 25.5. The number of alkyl halides is 1. The molecule has 1 saturated heterocycles. The van der Waals surface area contributed by atoms with E-state index < -0.39 is 0 Å². The van der Waals surface area contributed by atoms with Gasteiger partial charge in [0.1, 0.15) is 5.78 Å². The number of carbonyl (C=O) groups is 3. The topological polar surface area (TPSA) is 51.2 Å². The highest BCUT2D eigenvalue weighted by Crippen LogP contribution is 2.37. The summed E-state index contributed by atoms with van der Waals surface area (Å²) >= 11 is 7.58. The summed E-state index contributed by atoms with van der Waals surface area (Å²) in [4.78, 5) is 37.5. The average molecular weight is 419 g/mol. The van der Waals surface area contributed by atoms with Crippen molar-refractivity contribution < 1.29 is 14.4 Å². The number of benzene rings is 1. The minimum absolute atomic E-state index is 0.0276. The van der Waals surface area contributed by atoms with Crippen LogP contribution in [-0.2, 0) is 9.59 Å². The maximum Gasteiger partial charge on any atom is 0.165 e. The van der Waals surface area contributed by atoms with Crippen LogP contribution in [-0.4, -0.2) is 27.3 Å². The van der Waals surface area contributed by atoms with Crippen LogP contribution in [0.5, 0.6) is 0 Å². The van der Waals surface area contributed by atoms with Crippen molar-refractivity contribution in [2.24, 2.45) is 5.92 Å². The largest absolute Gasteiger partial charge is 0.298 e. The van der Waals surface area contributed by atoms with Crippen LogP contribution in [0.2, 0.25) is 0 Å². The molecule has 28 heavy (non-hydrogen) atoms. The molecule has 3 nitrogen and oxygen atoms in total. The third-order valence-corrected chi connectivity index (χ3v) is 7.50. The van der Waals surface area contributed by atoms with Crippen molar-refractivity contribution in [1.82, 2.24) is 0 Å². The maximum atomic E-state index is 12.7. The number of hydrogen-bond donors (Lipinski definition) is 0. The van der Waals surface area contributed by atoms with Crippen LogP contribution in [0.4, 0.5) is 0 Å². The lowest BCUT2D eigenvalue weighted by atomic mass is 9.85. The van der Waals surface area contributed by atoms with Crippen LogP contribution in [0.15, 0.2) is 42.0 Å². The third-order valence-electron chi connectivity index (χ3n) is 5.62. The Balaban J connectivity index is 1.49. The van der Waals surface area contributed by atoms with Crippen LogP contribution < -0.4 is 0 Å². The smallest absolute Gasteiger partial charge is 0.165 e. The molecule has 3 rings (SSSR count). The number of allylic oxidation sites excluding steroid dienone is 2. The van der Waals surface area contributed by atoms with E-state index in [9.17, 15) is 14.4 Å². The predicted octanol–water partition coefficient (Wildman–Crippen LogP) is 5.75. The summed E-state index contributed by atoms with van der Waals surface area (Å²) in [5.41, 5.74) is 1.61. The Morgan fingerprint density at radius 2 is 1.79 bits per heavy atom. The molecule has 0 amide bonds. The van der Waals surface area contributed by atoms with Crippen molar-refractivity contribution in [1.29, 1.82) is 0 Å². The highest BCUT2D eigenvalue weighted by molar-refractivity contribution is 8.02. The van der Waals surface area contributed by atoms with Gasteiger partial charge in [-0.1, -0.05) is 36.4 Å². The molecule has 1 fully saturated rings. The van der Waals surface area contributed by atoms with Crippen molar-refractivity contribution in [3.05, 3.63) is 47.5 Å². The fourth-order valence-corrected chi connectivity index (χ4v) is 5.66. The zero-order chi connectivity index (χ0) is 19.9. The van der Waals surface area contributed by atoms with Gasteiger partial charge in [-0.2, -0.15) is 0 Å². The fourth-order valence-electron chi connectivity index (χ4n) is 3.99. The molecule has 0 radical (unpaired) electrons. The van der Waals surface area contributed by atoms with E-state index in [1.807, 2.05) is 36.4 Å². The molecule has 0 saturated carbocycles. The molecule has 150 valence electrons. The Labute approximate surface area is 176 Å². The molecular weight excluding hydrogens is 392 g/mol. The number of carbonyl (C=O) groups excluding carboxylic acids is 3. The van der Waals surface area contributed by atoms with E-state index in [-0.39, 0.29) is 33.2 Å². The lowest BCUT2D eigenvalue weighted by Crippen LogP contribution is -2.18. The van der Waals surface area contributed by atoms with Gasteiger partial charge < -0.3 is 0 Å². The zero-order valence-electron chi connectivity index (χ0n) is 16.1. The molecule has 1 aliphatic heterocycles. The standard InChI is InChI=1S/C23H27ClO3S/c24-22-15-14-21(28-22)20(26)13-12-19(25)16-8-4-10-18(11-5-9-16)23(27)17-6-2-1-3-7-17/h1-3,6-8,18,21-22H,4-5,9-15H2. The van der Waals surface area contributed by atoms with Gasteiger partial charge in [0.2, 0.25) is 0 Å². The van der Waals surface area contributed by atoms with Crippen molar-refractivity contribution in [2.75, 3.05) is 0 Å². The molecule has 0 spiro atoms. The van der Waals surface area contributed by atoms with E-state index >= 15 is 0 Å². The summed E-state index contributed by atoms with van der Waals surface area (Å²) in [5.74, 6) is 0.480. The number of hydrogen-bond acceptors (Lipinski definition) is 4. The molecule has 1 aromatic rings. The fraction of sp³-hybridized carbons (Fsp3) is 0.522. The number of ketones is 3. The number of thioether (sulfide) groups is 1. The lowest BCUT2D eigenvalue weighted by molar-refractivity contribution is -0.122. The molecule has 2 aliphatic rings. The quantitative estimate of drug-likeness (QED) is 0.417. The molecule has 3 atom stereocenters. The Kier molecular flexibility index (Phi) is 7.92. The van der Waals surface area contributed by atoms with Crippen LogP contribution in [0.25, 0.3) is 0 Å². The van der Waals surface area contributed by atoms with Crippen LogP contribution in [0, 0.1) is 5.92 Å². The Morgan fingerprint density at radius 3 is 2.50 bits per heavy atom. The second-order valence-electron chi connectivity index (χ2n) is 7.63. The first-order chi connectivity index (χ1) is 13.5.